The molecule has 0 unspecified atom stereocenters. The van der Waals surface area contributed by atoms with E-state index in [9.17, 15) is 9.90 Å². The summed E-state index contributed by atoms with van der Waals surface area (Å²) in [6.07, 6.45) is 10.8. The molecule has 0 amide bonds. The van der Waals surface area contributed by atoms with Crippen molar-refractivity contribution in [3.63, 3.8) is 0 Å². The predicted octanol–water partition coefficient (Wildman–Crippen LogP) is 4.16. The van der Waals surface area contributed by atoms with Crippen molar-refractivity contribution in [2.75, 3.05) is 6.61 Å². The maximum atomic E-state index is 11.0. The summed E-state index contributed by atoms with van der Waals surface area (Å²) < 4.78 is 0. The Morgan fingerprint density at radius 2 is 1.89 bits per heavy atom. The zero-order valence-electron chi connectivity index (χ0n) is 16.8. The fourth-order valence-electron chi connectivity index (χ4n) is 7.06. The van der Waals surface area contributed by atoms with Gasteiger partial charge in [-0.3, -0.25) is 0 Å². The van der Waals surface area contributed by atoms with Crippen molar-refractivity contribution >= 4 is 11.7 Å². The van der Waals surface area contributed by atoms with Gasteiger partial charge in [0, 0.05) is 0 Å². The second-order valence-electron chi connectivity index (χ2n) is 10.0. The molecule has 0 radical (unpaired) electrons. The Balaban J connectivity index is 1.56. The summed E-state index contributed by atoms with van der Waals surface area (Å²) in [5.41, 5.74) is 2.11. The molecule has 0 saturated heterocycles. The van der Waals surface area contributed by atoms with Gasteiger partial charge in [-0.05, 0) is 93.0 Å². The number of aliphatic carboxylic acids is 1. The Labute approximate surface area is 161 Å². The highest BCUT2D eigenvalue weighted by Gasteiger charge is 2.62. The van der Waals surface area contributed by atoms with E-state index in [1.807, 2.05) is 0 Å². The van der Waals surface area contributed by atoms with Gasteiger partial charge in [0.1, 0.15) is 0 Å². The molecular weight excluding hydrogens is 342 g/mol. The minimum Gasteiger partial charge on any atom is -0.479 e. The van der Waals surface area contributed by atoms with Crippen molar-refractivity contribution in [1.82, 2.24) is 0 Å². The van der Waals surface area contributed by atoms with Crippen LogP contribution in [0.1, 0.15) is 72.1 Å². The minimum absolute atomic E-state index is 0.0672. The van der Waals surface area contributed by atoms with Crippen LogP contribution in [0.15, 0.2) is 16.8 Å². The topological polar surface area (TPSA) is 79.1 Å². The third-order valence-corrected chi connectivity index (χ3v) is 8.91. The first-order chi connectivity index (χ1) is 12.7. The van der Waals surface area contributed by atoms with Crippen LogP contribution in [0.2, 0.25) is 0 Å². The van der Waals surface area contributed by atoms with Crippen molar-refractivity contribution in [1.29, 1.82) is 0 Å². The van der Waals surface area contributed by atoms with Gasteiger partial charge in [0.25, 0.3) is 0 Å². The molecule has 0 aromatic carbocycles. The van der Waals surface area contributed by atoms with Crippen LogP contribution in [-0.4, -0.2) is 34.1 Å². The van der Waals surface area contributed by atoms with E-state index >= 15 is 0 Å². The molecule has 4 rings (SSSR count). The van der Waals surface area contributed by atoms with E-state index in [0.29, 0.717) is 17.8 Å². The lowest BCUT2D eigenvalue weighted by atomic mass is 9.46. The molecule has 0 aromatic rings. The SMILES string of the molecule is C[C@]12CCC(=NOCC(=O)O)C=C1CC[C@@H]1[C@H]3CC[C@](C)(O)[C@]3(C)CC[C@@H]12. The first-order valence-electron chi connectivity index (χ1n) is 10.5. The number of carboxylic acid groups (broad SMARTS) is 1. The Morgan fingerprint density at radius 3 is 2.63 bits per heavy atom. The zero-order valence-corrected chi connectivity index (χ0v) is 16.8. The first kappa shape index (κ1) is 19.0. The molecule has 5 heteroatoms. The predicted molar refractivity (Wildman–Crippen MR) is 103 cm³/mol. The standard InChI is InChI=1S/C22H33NO4/c1-20-9-6-15(23-27-13-19(24)25)12-14(20)4-5-16-17(20)7-10-21(2)18(16)8-11-22(21,3)26/h12,16-18,26H,4-11,13H2,1-3H3,(H,24,25)/t16-,17-,18+,20-,21+,22-/m0/s1. The number of allylic oxidation sites excluding steroid dienone is 2. The highest BCUT2D eigenvalue weighted by molar-refractivity contribution is 5.96. The zero-order chi connectivity index (χ0) is 19.4. The van der Waals surface area contributed by atoms with Crippen LogP contribution in [-0.2, 0) is 9.63 Å². The summed E-state index contributed by atoms with van der Waals surface area (Å²) in [5.74, 6) is 1.04. The summed E-state index contributed by atoms with van der Waals surface area (Å²) in [6.45, 7) is 6.44. The number of aliphatic hydroxyl groups is 1. The Hall–Kier alpha value is -1.36. The molecule has 3 fully saturated rings. The minimum atomic E-state index is -0.995. The van der Waals surface area contributed by atoms with Crippen LogP contribution in [0.5, 0.6) is 0 Å². The van der Waals surface area contributed by atoms with Gasteiger partial charge >= 0.3 is 5.97 Å². The van der Waals surface area contributed by atoms with E-state index in [1.54, 1.807) is 0 Å². The van der Waals surface area contributed by atoms with Gasteiger partial charge in [0.2, 0.25) is 6.61 Å². The van der Waals surface area contributed by atoms with Crippen molar-refractivity contribution in [2.45, 2.75) is 77.7 Å². The molecule has 0 heterocycles. The number of oxime groups is 1. The molecule has 0 spiro atoms. The summed E-state index contributed by atoms with van der Waals surface area (Å²) in [6, 6.07) is 0. The number of rotatable bonds is 3. The summed E-state index contributed by atoms with van der Waals surface area (Å²) in [7, 11) is 0. The van der Waals surface area contributed by atoms with E-state index in [2.05, 4.69) is 32.0 Å². The second kappa shape index (κ2) is 6.33. The highest BCUT2D eigenvalue weighted by atomic mass is 16.6. The maximum absolute atomic E-state index is 11.0. The van der Waals surface area contributed by atoms with E-state index in [1.165, 1.54) is 18.4 Å². The molecule has 0 aliphatic heterocycles. The third kappa shape index (κ3) is 2.84. The average molecular weight is 376 g/mol. The number of nitrogens with zero attached hydrogens (tertiary/aromatic N) is 1. The number of hydrogen-bond donors (Lipinski definition) is 2. The van der Waals surface area contributed by atoms with Crippen LogP contribution >= 0.6 is 0 Å². The molecule has 6 atom stereocenters. The van der Waals surface area contributed by atoms with Crippen molar-refractivity contribution in [2.24, 2.45) is 33.7 Å². The molecule has 5 nitrogen and oxygen atoms in total. The smallest absolute Gasteiger partial charge is 0.344 e. The van der Waals surface area contributed by atoms with Gasteiger partial charge in [-0.15, -0.1) is 0 Å². The molecule has 27 heavy (non-hydrogen) atoms. The Kier molecular flexibility index (Phi) is 4.45. The van der Waals surface area contributed by atoms with Crippen molar-refractivity contribution in [3.05, 3.63) is 11.6 Å². The maximum Gasteiger partial charge on any atom is 0.344 e. The Bertz CT molecular complexity index is 696. The monoisotopic (exact) mass is 375 g/mol. The Morgan fingerprint density at radius 1 is 1.15 bits per heavy atom. The lowest BCUT2D eigenvalue weighted by Crippen LogP contribution is -2.53. The first-order valence-corrected chi connectivity index (χ1v) is 10.5. The van der Waals surface area contributed by atoms with Crippen molar-refractivity contribution < 1.29 is 19.8 Å². The summed E-state index contributed by atoms with van der Waals surface area (Å²) in [5, 5.41) is 23.8. The highest BCUT2D eigenvalue weighted by Crippen LogP contribution is 2.67. The van der Waals surface area contributed by atoms with Gasteiger partial charge in [0.15, 0.2) is 0 Å². The fourth-order valence-corrected chi connectivity index (χ4v) is 7.06. The average Bonchev–Trinajstić information content (AvgIpc) is 2.84. The number of carbonyl (C=O) groups is 1. The molecular formula is C22H33NO4. The molecule has 150 valence electrons. The summed E-state index contributed by atoms with van der Waals surface area (Å²) >= 11 is 0. The lowest BCUT2D eigenvalue weighted by molar-refractivity contribution is -0.142. The molecule has 0 bridgehead atoms. The molecule has 3 saturated carbocycles. The van der Waals surface area contributed by atoms with Crippen LogP contribution in [0.4, 0.5) is 0 Å². The third-order valence-electron chi connectivity index (χ3n) is 8.91. The molecule has 0 aromatic heterocycles. The van der Waals surface area contributed by atoms with Crippen LogP contribution in [0.3, 0.4) is 0 Å². The van der Waals surface area contributed by atoms with E-state index < -0.39 is 11.6 Å². The molecule has 2 N–H and O–H groups in total. The lowest BCUT2D eigenvalue weighted by Gasteiger charge is -2.59. The quantitative estimate of drug-likeness (QED) is 0.726. The number of hydrogen-bond acceptors (Lipinski definition) is 4. The van der Waals surface area contributed by atoms with Gasteiger partial charge in [-0.2, -0.15) is 0 Å². The van der Waals surface area contributed by atoms with Crippen molar-refractivity contribution in [3.8, 4) is 0 Å². The largest absolute Gasteiger partial charge is 0.479 e. The van der Waals surface area contributed by atoms with E-state index in [0.717, 1.165) is 44.2 Å². The normalized spacial score (nSPS) is 47.6. The van der Waals surface area contributed by atoms with Gasteiger partial charge in [0.05, 0.1) is 11.3 Å². The van der Waals surface area contributed by atoms with Crippen LogP contribution in [0.25, 0.3) is 0 Å². The van der Waals surface area contributed by atoms with Crippen LogP contribution in [0, 0.1) is 28.6 Å². The van der Waals surface area contributed by atoms with Gasteiger partial charge in [-0.25, -0.2) is 4.79 Å². The van der Waals surface area contributed by atoms with E-state index in [-0.39, 0.29) is 17.4 Å². The van der Waals surface area contributed by atoms with E-state index in [4.69, 9.17) is 9.94 Å². The number of carboxylic acids is 1. The van der Waals surface area contributed by atoms with Gasteiger partial charge in [-0.1, -0.05) is 24.6 Å². The molecule has 4 aliphatic rings. The molecule has 4 aliphatic carbocycles. The van der Waals surface area contributed by atoms with Gasteiger partial charge < -0.3 is 15.1 Å². The fraction of sp³-hybridized carbons (Fsp3) is 0.818. The second-order valence-corrected chi connectivity index (χ2v) is 10.0. The summed E-state index contributed by atoms with van der Waals surface area (Å²) in [4.78, 5) is 15.6. The van der Waals surface area contributed by atoms with Crippen LogP contribution < -0.4 is 0 Å². The number of fused-ring (bicyclic) bond motifs is 5.